The molecule has 0 saturated carbocycles. The minimum atomic E-state index is 0.306. The largest absolute Gasteiger partial charge is 0.486 e. The van der Waals surface area contributed by atoms with Gasteiger partial charge in [-0.25, -0.2) is 4.98 Å². The third kappa shape index (κ3) is 2.27. The molecule has 1 aromatic carbocycles. The molecule has 0 spiro atoms. The number of aromatic nitrogens is 2. The van der Waals surface area contributed by atoms with Crippen LogP contribution in [-0.2, 0) is 6.61 Å². The Morgan fingerprint density at radius 1 is 1.30 bits per heavy atom. The van der Waals surface area contributed by atoms with E-state index in [-0.39, 0.29) is 0 Å². The number of benzene rings is 1. The number of fused-ring (bicyclic) bond motifs is 1. The Bertz CT molecular complexity index is 768. The summed E-state index contributed by atoms with van der Waals surface area (Å²) in [6.45, 7) is 0.306. The average Bonchev–Trinajstić information content (AvgIpc) is 2.88. The highest BCUT2D eigenvalue weighted by Gasteiger charge is 2.06. The quantitative estimate of drug-likeness (QED) is 0.737. The molecule has 0 radical (unpaired) electrons. The Kier molecular flexibility index (Phi) is 2.98. The second-order valence-electron chi connectivity index (χ2n) is 4.35. The number of nitrogens with two attached hydrogens (primary N) is 1. The number of nitrogen functional groups attached to an aromatic ring is 1. The van der Waals surface area contributed by atoms with Crippen LogP contribution in [0.3, 0.4) is 0 Å². The minimum absolute atomic E-state index is 0.306. The molecular weight excluding hydrogens is 252 g/mol. The van der Waals surface area contributed by atoms with Crippen LogP contribution < -0.4 is 10.5 Å². The zero-order chi connectivity index (χ0) is 13.9. The Morgan fingerprint density at radius 3 is 3.00 bits per heavy atom. The SMILES string of the molecule is N#Cc1cc(N)ccc1OCc1cn2ccccc2n1. The number of nitrogens with zero attached hydrogens (tertiary/aromatic N) is 3. The summed E-state index contributed by atoms with van der Waals surface area (Å²) in [4.78, 5) is 4.43. The Labute approximate surface area is 115 Å². The fourth-order valence-corrected chi connectivity index (χ4v) is 1.97. The average molecular weight is 264 g/mol. The molecule has 0 unspecified atom stereocenters. The standard InChI is InChI=1S/C15H12N4O/c16-8-11-7-12(17)4-5-14(11)20-10-13-9-19-6-2-1-3-15(19)18-13/h1-7,9H,10,17H2. The predicted molar refractivity (Wildman–Crippen MR) is 75.1 cm³/mol. The predicted octanol–water partition coefficient (Wildman–Crippen LogP) is 2.37. The van der Waals surface area contributed by atoms with Gasteiger partial charge in [-0.3, -0.25) is 0 Å². The molecule has 0 saturated heterocycles. The lowest BCUT2D eigenvalue weighted by atomic mass is 10.2. The number of rotatable bonds is 3. The smallest absolute Gasteiger partial charge is 0.137 e. The lowest BCUT2D eigenvalue weighted by Crippen LogP contribution is -1.98. The van der Waals surface area contributed by atoms with Crippen molar-refractivity contribution in [2.24, 2.45) is 0 Å². The van der Waals surface area contributed by atoms with Crippen molar-refractivity contribution in [1.82, 2.24) is 9.38 Å². The van der Waals surface area contributed by atoms with E-state index in [9.17, 15) is 0 Å². The van der Waals surface area contributed by atoms with Gasteiger partial charge >= 0.3 is 0 Å². The van der Waals surface area contributed by atoms with Gasteiger partial charge in [0.15, 0.2) is 0 Å². The normalized spacial score (nSPS) is 10.3. The monoisotopic (exact) mass is 264 g/mol. The zero-order valence-corrected chi connectivity index (χ0v) is 10.7. The number of anilines is 1. The third-order valence-electron chi connectivity index (χ3n) is 2.91. The third-order valence-corrected chi connectivity index (χ3v) is 2.91. The van der Waals surface area contributed by atoms with Crippen LogP contribution in [0, 0.1) is 11.3 Å². The molecule has 20 heavy (non-hydrogen) atoms. The van der Waals surface area contributed by atoms with Crippen molar-refractivity contribution in [3.8, 4) is 11.8 Å². The summed E-state index contributed by atoms with van der Waals surface area (Å²) in [7, 11) is 0. The molecule has 0 fully saturated rings. The maximum absolute atomic E-state index is 9.05. The van der Waals surface area contributed by atoms with Crippen molar-refractivity contribution >= 4 is 11.3 Å². The van der Waals surface area contributed by atoms with Crippen molar-refractivity contribution in [3.05, 3.63) is 60.0 Å². The molecule has 2 heterocycles. The van der Waals surface area contributed by atoms with Gasteiger partial charge < -0.3 is 14.9 Å². The summed E-state index contributed by atoms with van der Waals surface area (Å²) in [5.41, 5.74) is 8.27. The maximum Gasteiger partial charge on any atom is 0.137 e. The number of ether oxygens (including phenoxy) is 1. The molecule has 0 aliphatic rings. The van der Waals surface area contributed by atoms with E-state index < -0.39 is 0 Å². The van der Waals surface area contributed by atoms with Gasteiger partial charge in [-0.15, -0.1) is 0 Å². The summed E-state index contributed by atoms with van der Waals surface area (Å²) in [5, 5.41) is 9.05. The van der Waals surface area contributed by atoms with Crippen LogP contribution in [0.1, 0.15) is 11.3 Å². The first-order chi connectivity index (χ1) is 9.76. The van der Waals surface area contributed by atoms with Crippen molar-refractivity contribution in [3.63, 3.8) is 0 Å². The number of pyridine rings is 1. The van der Waals surface area contributed by atoms with Crippen LogP contribution in [-0.4, -0.2) is 9.38 Å². The second-order valence-corrected chi connectivity index (χ2v) is 4.35. The summed E-state index contributed by atoms with van der Waals surface area (Å²) < 4.78 is 7.57. The van der Waals surface area contributed by atoms with Gasteiger partial charge in [-0.1, -0.05) is 6.07 Å². The molecule has 2 aromatic heterocycles. The first kappa shape index (κ1) is 12.1. The molecule has 0 aliphatic carbocycles. The molecule has 0 aliphatic heterocycles. The van der Waals surface area contributed by atoms with E-state index in [1.165, 1.54) is 0 Å². The van der Waals surface area contributed by atoms with Gasteiger partial charge in [0.05, 0.1) is 11.3 Å². The fourth-order valence-electron chi connectivity index (χ4n) is 1.97. The topological polar surface area (TPSA) is 76.3 Å². The zero-order valence-electron chi connectivity index (χ0n) is 10.7. The summed E-state index contributed by atoms with van der Waals surface area (Å²) >= 11 is 0. The minimum Gasteiger partial charge on any atom is -0.486 e. The maximum atomic E-state index is 9.05. The molecule has 5 nitrogen and oxygen atoms in total. The highest BCUT2D eigenvalue weighted by atomic mass is 16.5. The van der Waals surface area contributed by atoms with E-state index in [0.29, 0.717) is 23.6 Å². The number of nitriles is 1. The molecule has 3 aromatic rings. The second kappa shape index (κ2) is 4.94. The van der Waals surface area contributed by atoms with Gasteiger partial charge in [0.2, 0.25) is 0 Å². The summed E-state index contributed by atoms with van der Waals surface area (Å²) in [6.07, 6.45) is 3.83. The van der Waals surface area contributed by atoms with Gasteiger partial charge in [0.25, 0.3) is 0 Å². The molecule has 0 atom stereocenters. The van der Waals surface area contributed by atoms with Crippen molar-refractivity contribution in [2.75, 3.05) is 5.73 Å². The summed E-state index contributed by atoms with van der Waals surface area (Å²) in [6, 6.07) is 12.9. The lowest BCUT2D eigenvalue weighted by molar-refractivity contribution is 0.301. The Morgan fingerprint density at radius 2 is 2.20 bits per heavy atom. The molecule has 2 N–H and O–H groups in total. The molecule has 3 rings (SSSR count). The van der Waals surface area contributed by atoms with Crippen molar-refractivity contribution in [2.45, 2.75) is 6.61 Å². The van der Waals surface area contributed by atoms with E-state index in [2.05, 4.69) is 11.1 Å². The molecule has 0 amide bonds. The van der Waals surface area contributed by atoms with Crippen molar-refractivity contribution in [1.29, 1.82) is 5.26 Å². The Balaban J connectivity index is 1.81. The van der Waals surface area contributed by atoms with E-state index in [1.54, 1.807) is 18.2 Å². The van der Waals surface area contributed by atoms with Gasteiger partial charge in [0, 0.05) is 18.1 Å². The number of hydrogen-bond acceptors (Lipinski definition) is 4. The fraction of sp³-hybridized carbons (Fsp3) is 0.0667. The van der Waals surface area contributed by atoms with Crippen LogP contribution in [0.2, 0.25) is 0 Å². The van der Waals surface area contributed by atoms with Gasteiger partial charge in [-0.2, -0.15) is 5.26 Å². The molecule has 98 valence electrons. The van der Waals surface area contributed by atoms with Gasteiger partial charge in [0.1, 0.15) is 24.1 Å². The van der Waals surface area contributed by atoms with E-state index in [4.69, 9.17) is 15.7 Å². The van der Waals surface area contributed by atoms with E-state index in [0.717, 1.165) is 11.3 Å². The van der Waals surface area contributed by atoms with Crippen LogP contribution in [0.5, 0.6) is 5.75 Å². The lowest BCUT2D eigenvalue weighted by Gasteiger charge is -2.06. The molecule has 0 bridgehead atoms. The summed E-state index contributed by atoms with van der Waals surface area (Å²) in [5.74, 6) is 0.513. The number of hydrogen-bond donors (Lipinski definition) is 1. The highest BCUT2D eigenvalue weighted by Crippen LogP contribution is 2.21. The van der Waals surface area contributed by atoms with Crippen LogP contribution >= 0.6 is 0 Å². The first-order valence-corrected chi connectivity index (χ1v) is 6.11. The first-order valence-electron chi connectivity index (χ1n) is 6.11. The van der Waals surface area contributed by atoms with Crippen LogP contribution in [0.25, 0.3) is 5.65 Å². The van der Waals surface area contributed by atoms with E-state index >= 15 is 0 Å². The van der Waals surface area contributed by atoms with Gasteiger partial charge in [-0.05, 0) is 30.3 Å². The van der Waals surface area contributed by atoms with E-state index in [1.807, 2.05) is 35.0 Å². The molecular formula is C15H12N4O. The Hall–Kier alpha value is -3.00. The molecule has 5 heteroatoms. The van der Waals surface area contributed by atoms with Crippen LogP contribution in [0.15, 0.2) is 48.8 Å². The van der Waals surface area contributed by atoms with Crippen molar-refractivity contribution < 1.29 is 4.74 Å². The number of imidazole rings is 1. The highest BCUT2D eigenvalue weighted by molar-refractivity contribution is 5.53. The van der Waals surface area contributed by atoms with Crippen LogP contribution in [0.4, 0.5) is 5.69 Å².